The summed E-state index contributed by atoms with van der Waals surface area (Å²) in [5, 5.41) is 2.65. The first-order chi connectivity index (χ1) is 14.9. The van der Waals surface area contributed by atoms with Gasteiger partial charge in [-0.2, -0.15) is 0 Å². The highest BCUT2D eigenvalue weighted by atomic mass is 32.2. The van der Waals surface area contributed by atoms with Crippen molar-refractivity contribution < 1.29 is 18.8 Å². The molecule has 9 heteroatoms. The molecule has 0 spiro atoms. The fourth-order valence-electron chi connectivity index (χ4n) is 3.50. The van der Waals surface area contributed by atoms with Crippen molar-refractivity contribution in [3.63, 3.8) is 0 Å². The second-order valence-electron chi connectivity index (χ2n) is 6.99. The lowest BCUT2D eigenvalue weighted by Crippen LogP contribution is -2.35. The fraction of sp³-hybridized carbons (Fsp3) is 0.182. The Hall–Kier alpha value is -3.04. The number of nitrogens with one attached hydrogen (secondary N) is 1. The highest BCUT2D eigenvalue weighted by molar-refractivity contribution is 8.26. The van der Waals surface area contributed by atoms with Crippen LogP contribution in [0.3, 0.4) is 0 Å². The number of hydrogen-bond acceptors (Lipinski definition) is 5. The van der Waals surface area contributed by atoms with E-state index in [1.54, 1.807) is 24.3 Å². The van der Waals surface area contributed by atoms with Crippen LogP contribution in [0, 0.1) is 5.82 Å². The lowest BCUT2D eigenvalue weighted by molar-refractivity contribution is -0.122. The molecule has 0 unspecified atom stereocenters. The van der Waals surface area contributed by atoms with Gasteiger partial charge in [0.15, 0.2) is 0 Å². The van der Waals surface area contributed by atoms with Crippen LogP contribution in [-0.4, -0.2) is 40.0 Å². The molecule has 1 N–H and O–H groups in total. The predicted molar refractivity (Wildman–Crippen MR) is 123 cm³/mol. The predicted octanol–water partition coefficient (Wildman–Crippen LogP) is 3.79. The SMILES string of the molecule is CCCN1C(=O)/C(=C2/C(=O)N(CC(=O)Nc3ccc(F)cc3)c3ccccc32)SC1=S. The number of carbonyl (C=O) groups is 3. The largest absolute Gasteiger partial charge is 0.325 e. The minimum absolute atomic E-state index is 0.244. The topological polar surface area (TPSA) is 69.7 Å². The van der Waals surface area contributed by atoms with Crippen molar-refractivity contribution in [2.75, 3.05) is 23.3 Å². The molecule has 4 rings (SSSR count). The van der Waals surface area contributed by atoms with Crippen LogP contribution < -0.4 is 10.2 Å². The Morgan fingerprint density at radius 2 is 1.77 bits per heavy atom. The monoisotopic (exact) mass is 455 g/mol. The number of nitrogens with zero attached hydrogens (tertiary/aromatic N) is 2. The molecule has 0 aromatic heterocycles. The molecule has 3 amide bonds. The van der Waals surface area contributed by atoms with Crippen molar-refractivity contribution in [3.8, 4) is 0 Å². The first-order valence-corrected chi connectivity index (χ1v) is 10.9. The highest BCUT2D eigenvalue weighted by Gasteiger charge is 2.42. The maximum Gasteiger partial charge on any atom is 0.267 e. The maximum atomic E-state index is 13.3. The molecule has 0 saturated carbocycles. The Kier molecular flexibility index (Phi) is 5.88. The molecule has 2 aromatic rings. The third-order valence-corrected chi connectivity index (χ3v) is 6.32. The number of benzene rings is 2. The molecule has 1 fully saturated rings. The normalized spacial score (nSPS) is 18.1. The Morgan fingerprint density at radius 1 is 1.06 bits per heavy atom. The third kappa shape index (κ3) is 3.98. The summed E-state index contributed by atoms with van der Waals surface area (Å²) in [6, 6.07) is 12.4. The molecular weight excluding hydrogens is 437 g/mol. The zero-order chi connectivity index (χ0) is 22.1. The van der Waals surface area contributed by atoms with Crippen molar-refractivity contribution in [2.45, 2.75) is 13.3 Å². The van der Waals surface area contributed by atoms with Crippen molar-refractivity contribution >= 4 is 63.0 Å². The van der Waals surface area contributed by atoms with Crippen LogP contribution in [-0.2, 0) is 14.4 Å². The van der Waals surface area contributed by atoms with Crippen LogP contribution in [0.2, 0.25) is 0 Å². The summed E-state index contributed by atoms with van der Waals surface area (Å²) in [5.41, 5.74) is 1.84. The van der Waals surface area contributed by atoms with Crippen molar-refractivity contribution in [1.82, 2.24) is 4.90 Å². The van der Waals surface area contributed by atoms with E-state index in [0.29, 0.717) is 27.8 Å². The van der Waals surface area contributed by atoms with Crippen molar-refractivity contribution in [3.05, 3.63) is 64.8 Å². The van der Waals surface area contributed by atoms with Gasteiger partial charge in [0.2, 0.25) is 5.91 Å². The summed E-state index contributed by atoms with van der Waals surface area (Å²) in [6.45, 7) is 2.19. The summed E-state index contributed by atoms with van der Waals surface area (Å²) in [5.74, 6) is -1.55. The number of amides is 3. The van der Waals surface area contributed by atoms with Crippen LogP contribution >= 0.6 is 24.0 Å². The number of anilines is 2. The first kappa shape index (κ1) is 21.2. The van der Waals surface area contributed by atoms with E-state index < -0.39 is 17.6 Å². The Morgan fingerprint density at radius 3 is 2.48 bits per heavy atom. The van der Waals surface area contributed by atoms with Crippen molar-refractivity contribution in [2.24, 2.45) is 0 Å². The number of thioether (sulfide) groups is 1. The van der Waals surface area contributed by atoms with Crippen LogP contribution in [0.25, 0.3) is 5.57 Å². The van der Waals surface area contributed by atoms with E-state index in [4.69, 9.17) is 12.2 Å². The van der Waals surface area contributed by atoms with Crippen molar-refractivity contribution in [1.29, 1.82) is 0 Å². The van der Waals surface area contributed by atoms with Gasteiger partial charge in [-0.15, -0.1) is 0 Å². The molecule has 0 radical (unpaired) electrons. The number of fused-ring (bicyclic) bond motifs is 1. The lowest BCUT2D eigenvalue weighted by Gasteiger charge is -2.16. The average Bonchev–Trinajstić information content (AvgIpc) is 3.18. The second kappa shape index (κ2) is 8.60. The van der Waals surface area contributed by atoms with E-state index >= 15 is 0 Å². The molecule has 0 bridgehead atoms. The fourth-order valence-corrected chi connectivity index (χ4v) is 4.88. The van der Waals surface area contributed by atoms with Gasteiger partial charge in [0.1, 0.15) is 16.7 Å². The van der Waals surface area contributed by atoms with Gasteiger partial charge in [0.25, 0.3) is 11.8 Å². The molecule has 31 heavy (non-hydrogen) atoms. The van der Waals surface area contributed by atoms with E-state index in [1.165, 1.54) is 34.1 Å². The van der Waals surface area contributed by atoms with E-state index in [0.717, 1.165) is 18.2 Å². The third-order valence-electron chi connectivity index (χ3n) is 4.88. The number of thiocarbonyl (C=S) groups is 1. The minimum Gasteiger partial charge on any atom is -0.325 e. The smallest absolute Gasteiger partial charge is 0.267 e. The molecule has 0 atom stereocenters. The highest BCUT2D eigenvalue weighted by Crippen LogP contribution is 2.44. The zero-order valence-corrected chi connectivity index (χ0v) is 18.2. The number of hydrogen-bond donors (Lipinski definition) is 1. The second-order valence-corrected chi connectivity index (χ2v) is 8.64. The van der Waals surface area contributed by atoms with Gasteiger partial charge < -0.3 is 5.32 Å². The lowest BCUT2D eigenvalue weighted by atomic mass is 10.1. The van der Waals surface area contributed by atoms with E-state index in [2.05, 4.69) is 5.32 Å². The molecular formula is C22H18FN3O3S2. The minimum atomic E-state index is -0.436. The van der Waals surface area contributed by atoms with E-state index in [-0.39, 0.29) is 22.9 Å². The van der Waals surface area contributed by atoms with Gasteiger partial charge in [-0.1, -0.05) is 49.1 Å². The molecule has 1 saturated heterocycles. The standard InChI is InChI=1S/C22H18FN3O3S2/c1-2-11-25-21(29)19(31-22(25)30)18-15-5-3-4-6-16(15)26(20(18)28)12-17(27)24-14-9-7-13(23)8-10-14/h3-10H,2,11-12H2,1H3,(H,24,27)/b19-18-. The first-order valence-electron chi connectivity index (χ1n) is 9.65. The quantitative estimate of drug-likeness (QED) is 0.549. The van der Waals surface area contributed by atoms with Crippen LogP contribution in [0.1, 0.15) is 18.9 Å². The van der Waals surface area contributed by atoms with E-state index in [9.17, 15) is 18.8 Å². The molecule has 6 nitrogen and oxygen atoms in total. The summed E-state index contributed by atoms with van der Waals surface area (Å²) in [4.78, 5) is 41.9. The molecule has 158 valence electrons. The van der Waals surface area contributed by atoms with Crippen LogP contribution in [0.15, 0.2) is 53.4 Å². The summed E-state index contributed by atoms with van der Waals surface area (Å²) < 4.78 is 13.5. The maximum absolute atomic E-state index is 13.3. The number of para-hydroxylation sites is 1. The summed E-state index contributed by atoms with van der Waals surface area (Å²) in [7, 11) is 0. The Labute approximate surface area is 188 Å². The van der Waals surface area contributed by atoms with Crippen LogP contribution in [0.4, 0.5) is 15.8 Å². The molecule has 2 aromatic carbocycles. The molecule has 2 heterocycles. The number of carbonyl (C=O) groups excluding carboxylic acids is 3. The molecule has 2 aliphatic heterocycles. The number of rotatable bonds is 5. The molecule has 0 aliphatic carbocycles. The van der Waals surface area contributed by atoms with Gasteiger partial charge in [0.05, 0.1) is 16.2 Å². The Bertz CT molecular complexity index is 1130. The summed E-state index contributed by atoms with van der Waals surface area (Å²) >= 11 is 6.45. The summed E-state index contributed by atoms with van der Waals surface area (Å²) in [6.07, 6.45) is 0.745. The van der Waals surface area contributed by atoms with Gasteiger partial charge in [-0.05, 0) is 36.8 Å². The average molecular weight is 456 g/mol. The van der Waals surface area contributed by atoms with Gasteiger partial charge >= 0.3 is 0 Å². The van der Waals surface area contributed by atoms with E-state index in [1.807, 2.05) is 6.92 Å². The van der Waals surface area contributed by atoms with Gasteiger partial charge in [-0.3, -0.25) is 24.2 Å². The van der Waals surface area contributed by atoms with Gasteiger partial charge in [-0.25, -0.2) is 4.39 Å². The van der Waals surface area contributed by atoms with Crippen LogP contribution in [0.5, 0.6) is 0 Å². The van der Waals surface area contributed by atoms with Gasteiger partial charge in [0, 0.05) is 17.8 Å². The zero-order valence-electron chi connectivity index (χ0n) is 16.6. The Balaban J connectivity index is 1.64. The number of halogens is 1. The molecule has 2 aliphatic rings.